The Morgan fingerprint density at radius 2 is 1.80 bits per heavy atom. The Morgan fingerprint density at radius 3 is 2.48 bits per heavy atom. The van der Waals surface area contributed by atoms with E-state index in [4.69, 9.17) is 19.3 Å². The quantitative estimate of drug-likeness (QED) is 0.298. The minimum absolute atomic E-state index is 0.00455. The van der Waals surface area contributed by atoms with Crippen LogP contribution in [-0.2, 0) is 14.2 Å². The highest BCUT2D eigenvalue weighted by atomic mass is 16.7. The fourth-order valence-corrected chi connectivity index (χ4v) is 2.35. The minimum Gasteiger partial charge on any atom is -0.507 e. The number of aliphatic hydroxyl groups excluding tert-OH is 4. The summed E-state index contributed by atoms with van der Waals surface area (Å²) in [4.78, 5) is 11.8. The standard InChI is InChI=1S/C16H22O9/c17-8-11-12(19)13(20)14(21)16(25-11)24-7-3-6-23-15(22)9-4-1-2-5-10(9)18/h1-2,4-5,11-14,16-21H,3,6-8H2/t11-,12-,13+,14-,16-/m1/s1. The molecule has 25 heavy (non-hydrogen) atoms. The molecule has 1 aromatic rings. The Morgan fingerprint density at radius 1 is 1.08 bits per heavy atom. The van der Waals surface area contributed by atoms with Gasteiger partial charge in [0.15, 0.2) is 6.29 Å². The molecule has 1 aromatic carbocycles. The molecule has 0 aromatic heterocycles. The minimum atomic E-state index is -1.50. The second-order valence-electron chi connectivity index (χ2n) is 5.57. The highest BCUT2D eigenvalue weighted by Gasteiger charge is 2.43. The topological polar surface area (TPSA) is 146 Å². The maximum atomic E-state index is 11.8. The van der Waals surface area contributed by atoms with E-state index in [-0.39, 0.29) is 30.9 Å². The van der Waals surface area contributed by atoms with Crippen LogP contribution in [0.5, 0.6) is 5.75 Å². The van der Waals surface area contributed by atoms with Gasteiger partial charge in [-0.2, -0.15) is 0 Å². The molecule has 0 unspecified atom stereocenters. The van der Waals surface area contributed by atoms with Crippen molar-refractivity contribution < 1.29 is 44.5 Å². The summed E-state index contributed by atoms with van der Waals surface area (Å²) in [5.41, 5.74) is 0.0531. The molecule has 0 radical (unpaired) electrons. The monoisotopic (exact) mass is 358 g/mol. The second-order valence-corrected chi connectivity index (χ2v) is 5.57. The number of para-hydroxylation sites is 1. The van der Waals surface area contributed by atoms with E-state index < -0.39 is 43.3 Å². The fourth-order valence-electron chi connectivity index (χ4n) is 2.35. The number of hydrogen-bond donors (Lipinski definition) is 5. The number of phenols is 1. The van der Waals surface area contributed by atoms with E-state index >= 15 is 0 Å². The normalized spacial score (nSPS) is 29.4. The van der Waals surface area contributed by atoms with Crippen LogP contribution in [0.15, 0.2) is 24.3 Å². The van der Waals surface area contributed by atoms with Crippen molar-refractivity contribution in [1.29, 1.82) is 0 Å². The summed E-state index contributed by atoms with van der Waals surface area (Å²) in [7, 11) is 0. The van der Waals surface area contributed by atoms with Crippen molar-refractivity contribution in [3.8, 4) is 5.75 Å². The summed E-state index contributed by atoms with van der Waals surface area (Å²) < 4.78 is 15.4. The number of rotatable bonds is 7. The average Bonchev–Trinajstić information content (AvgIpc) is 2.61. The summed E-state index contributed by atoms with van der Waals surface area (Å²) in [6.45, 7) is -0.496. The maximum absolute atomic E-state index is 11.8. The maximum Gasteiger partial charge on any atom is 0.341 e. The highest BCUT2D eigenvalue weighted by Crippen LogP contribution is 2.22. The van der Waals surface area contributed by atoms with Crippen molar-refractivity contribution in [2.45, 2.75) is 37.1 Å². The van der Waals surface area contributed by atoms with Gasteiger partial charge in [0.2, 0.25) is 0 Å². The molecule has 5 atom stereocenters. The average molecular weight is 358 g/mol. The summed E-state index contributed by atoms with van der Waals surface area (Å²) in [5.74, 6) is -0.851. The van der Waals surface area contributed by atoms with Crippen molar-refractivity contribution in [3.63, 3.8) is 0 Å². The summed E-state index contributed by atoms with van der Waals surface area (Å²) >= 11 is 0. The molecule has 1 aliphatic rings. The van der Waals surface area contributed by atoms with Crippen LogP contribution in [0.4, 0.5) is 0 Å². The Labute approximate surface area is 144 Å². The van der Waals surface area contributed by atoms with E-state index in [9.17, 15) is 25.2 Å². The molecule has 0 bridgehead atoms. The Bertz CT molecular complexity index is 562. The predicted molar refractivity (Wildman–Crippen MR) is 82.7 cm³/mol. The van der Waals surface area contributed by atoms with Gasteiger partial charge in [-0.25, -0.2) is 4.79 Å². The third kappa shape index (κ3) is 4.88. The van der Waals surface area contributed by atoms with Crippen LogP contribution in [-0.4, -0.2) is 82.0 Å². The predicted octanol–water partition coefficient (Wildman–Crippen LogP) is -1.24. The van der Waals surface area contributed by atoms with E-state index in [2.05, 4.69) is 0 Å². The van der Waals surface area contributed by atoms with Crippen LogP contribution >= 0.6 is 0 Å². The summed E-state index contributed by atoms with van der Waals surface area (Å²) in [5, 5.41) is 47.7. The molecule has 1 saturated heterocycles. The van der Waals surface area contributed by atoms with Crippen molar-refractivity contribution in [3.05, 3.63) is 29.8 Å². The van der Waals surface area contributed by atoms with E-state index in [0.717, 1.165) is 0 Å². The van der Waals surface area contributed by atoms with Crippen LogP contribution in [0.1, 0.15) is 16.8 Å². The highest BCUT2D eigenvalue weighted by molar-refractivity contribution is 5.92. The van der Waals surface area contributed by atoms with E-state index in [1.807, 2.05) is 0 Å². The van der Waals surface area contributed by atoms with Crippen LogP contribution in [0.2, 0.25) is 0 Å². The van der Waals surface area contributed by atoms with Gasteiger partial charge in [0, 0.05) is 6.42 Å². The number of carbonyl (C=O) groups is 1. The molecule has 0 spiro atoms. The second kappa shape index (κ2) is 9.09. The third-order valence-electron chi connectivity index (χ3n) is 3.78. The molecule has 0 saturated carbocycles. The molecule has 9 nitrogen and oxygen atoms in total. The van der Waals surface area contributed by atoms with E-state index in [1.165, 1.54) is 12.1 Å². The first kappa shape index (κ1) is 19.6. The molecule has 5 N–H and O–H groups in total. The number of esters is 1. The first-order valence-corrected chi connectivity index (χ1v) is 7.83. The molecule has 140 valence electrons. The molecule has 1 fully saturated rings. The number of ether oxygens (including phenoxy) is 3. The SMILES string of the molecule is O=C(OCCCO[C@@H]1O[C@H](CO)[C@@H](O)[C@H](O)[C@H]1O)c1ccccc1O. The van der Waals surface area contributed by atoms with E-state index in [1.54, 1.807) is 12.1 Å². The van der Waals surface area contributed by atoms with Gasteiger partial charge >= 0.3 is 5.97 Å². The number of aliphatic hydroxyl groups is 4. The number of benzene rings is 1. The molecule has 9 heteroatoms. The van der Waals surface area contributed by atoms with Gasteiger partial charge in [-0.3, -0.25) is 0 Å². The number of aromatic hydroxyl groups is 1. The van der Waals surface area contributed by atoms with Crippen molar-refractivity contribution in [1.82, 2.24) is 0 Å². The van der Waals surface area contributed by atoms with Crippen LogP contribution in [0.25, 0.3) is 0 Å². The van der Waals surface area contributed by atoms with Gasteiger partial charge in [0.25, 0.3) is 0 Å². The lowest BCUT2D eigenvalue weighted by atomic mass is 9.99. The Kier molecular flexibility index (Phi) is 7.12. The van der Waals surface area contributed by atoms with Gasteiger partial charge < -0.3 is 39.7 Å². The lowest BCUT2D eigenvalue weighted by Gasteiger charge is -2.39. The molecule has 2 rings (SSSR count). The van der Waals surface area contributed by atoms with Gasteiger partial charge in [0.1, 0.15) is 35.7 Å². The summed E-state index contributed by atoms with van der Waals surface area (Å²) in [6.07, 6.45) is -6.41. The molecule has 1 aliphatic heterocycles. The van der Waals surface area contributed by atoms with Crippen LogP contribution < -0.4 is 0 Å². The zero-order chi connectivity index (χ0) is 18.4. The van der Waals surface area contributed by atoms with E-state index in [0.29, 0.717) is 0 Å². The number of hydrogen-bond acceptors (Lipinski definition) is 9. The van der Waals surface area contributed by atoms with Gasteiger partial charge in [-0.05, 0) is 12.1 Å². The lowest BCUT2D eigenvalue weighted by molar-refractivity contribution is -0.301. The summed E-state index contributed by atoms with van der Waals surface area (Å²) in [6, 6.07) is 5.99. The molecular weight excluding hydrogens is 336 g/mol. The lowest BCUT2D eigenvalue weighted by Crippen LogP contribution is -2.59. The smallest absolute Gasteiger partial charge is 0.341 e. The molecular formula is C16H22O9. The Hall–Kier alpha value is -1.75. The molecule has 0 amide bonds. The Balaban J connectivity index is 1.72. The first-order chi connectivity index (χ1) is 12.0. The fraction of sp³-hybridized carbons (Fsp3) is 0.562. The van der Waals surface area contributed by atoms with Gasteiger partial charge in [0.05, 0.1) is 19.8 Å². The number of phenolic OH excluding ortho intramolecular Hbond substituents is 1. The number of carbonyl (C=O) groups excluding carboxylic acids is 1. The molecule has 1 heterocycles. The van der Waals surface area contributed by atoms with Gasteiger partial charge in [-0.1, -0.05) is 12.1 Å². The van der Waals surface area contributed by atoms with Crippen LogP contribution in [0.3, 0.4) is 0 Å². The zero-order valence-electron chi connectivity index (χ0n) is 13.4. The van der Waals surface area contributed by atoms with Crippen molar-refractivity contribution in [2.75, 3.05) is 19.8 Å². The largest absolute Gasteiger partial charge is 0.507 e. The van der Waals surface area contributed by atoms with Gasteiger partial charge in [-0.15, -0.1) is 0 Å². The first-order valence-electron chi connectivity index (χ1n) is 7.83. The van der Waals surface area contributed by atoms with Crippen LogP contribution in [0, 0.1) is 0 Å². The zero-order valence-corrected chi connectivity index (χ0v) is 13.4. The van der Waals surface area contributed by atoms with Crippen molar-refractivity contribution in [2.24, 2.45) is 0 Å². The van der Waals surface area contributed by atoms with Crippen molar-refractivity contribution >= 4 is 5.97 Å². The molecule has 0 aliphatic carbocycles. The third-order valence-corrected chi connectivity index (χ3v) is 3.78.